The van der Waals surface area contributed by atoms with Crippen molar-refractivity contribution >= 4 is 10.0 Å². The zero-order valence-electron chi connectivity index (χ0n) is 14.1. The molecule has 2 saturated heterocycles. The van der Waals surface area contributed by atoms with Gasteiger partial charge in [-0.05, 0) is 12.8 Å². The molecule has 2 aliphatic rings. The van der Waals surface area contributed by atoms with E-state index in [4.69, 9.17) is 0 Å². The van der Waals surface area contributed by atoms with Crippen LogP contribution in [0.1, 0.15) is 18.4 Å². The topological polar surface area (TPSA) is 78.7 Å². The van der Waals surface area contributed by atoms with Crippen molar-refractivity contribution in [2.45, 2.75) is 31.5 Å². The number of sulfonamides is 1. The fourth-order valence-electron chi connectivity index (χ4n) is 3.76. The molecule has 0 spiro atoms. The molecule has 1 aromatic rings. The van der Waals surface area contributed by atoms with Crippen LogP contribution in [0.15, 0.2) is 25.0 Å². The van der Waals surface area contributed by atoms with E-state index in [9.17, 15) is 13.5 Å². The first-order valence-electron chi connectivity index (χ1n) is 8.32. The van der Waals surface area contributed by atoms with Crippen LogP contribution in [-0.4, -0.2) is 70.5 Å². The third kappa shape index (κ3) is 3.72. The highest BCUT2D eigenvalue weighted by atomic mass is 32.2. The molecule has 1 aromatic heterocycles. The first-order chi connectivity index (χ1) is 11.3. The van der Waals surface area contributed by atoms with Crippen molar-refractivity contribution in [3.05, 3.63) is 30.6 Å². The van der Waals surface area contributed by atoms with Crippen LogP contribution in [0.2, 0.25) is 0 Å². The van der Waals surface area contributed by atoms with Gasteiger partial charge in [0.2, 0.25) is 10.0 Å². The standard InChI is InChI=1S/C16H26N4O3S/c1-3-6-19-11-14(9-17-19)10-18-7-4-16(21)5-8-20(24(2,22)23)13-15(16)12-18/h3,9,11,15,21H,1,4-8,10,12-13H2,2H3/t15-,16-/m0/s1. The van der Waals surface area contributed by atoms with Gasteiger partial charge in [-0.15, -0.1) is 6.58 Å². The van der Waals surface area contributed by atoms with Gasteiger partial charge < -0.3 is 5.11 Å². The molecule has 0 aromatic carbocycles. The number of hydrogen-bond donors (Lipinski definition) is 1. The van der Waals surface area contributed by atoms with Gasteiger partial charge in [0, 0.05) is 50.4 Å². The third-order valence-corrected chi connectivity index (χ3v) is 6.47. The fraction of sp³-hybridized carbons (Fsp3) is 0.688. The van der Waals surface area contributed by atoms with Gasteiger partial charge in [0.25, 0.3) is 0 Å². The lowest BCUT2D eigenvalue weighted by molar-refractivity contribution is -0.103. The molecule has 0 bridgehead atoms. The highest BCUT2D eigenvalue weighted by Gasteiger charge is 2.46. The summed E-state index contributed by atoms with van der Waals surface area (Å²) in [6.07, 6.45) is 8.12. The second-order valence-corrected chi connectivity index (χ2v) is 9.00. The van der Waals surface area contributed by atoms with Gasteiger partial charge in [-0.25, -0.2) is 12.7 Å². The monoisotopic (exact) mass is 354 g/mol. The van der Waals surface area contributed by atoms with Crippen LogP contribution in [0, 0.1) is 5.92 Å². The van der Waals surface area contributed by atoms with Crippen LogP contribution >= 0.6 is 0 Å². The van der Waals surface area contributed by atoms with Gasteiger partial charge in [-0.3, -0.25) is 9.58 Å². The normalized spacial score (nSPS) is 29.3. The van der Waals surface area contributed by atoms with Crippen molar-refractivity contribution in [1.82, 2.24) is 19.0 Å². The quantitative estimate of drug-likeness (QED) is 0.769. The van der Waals surface area contributed by atoms with Crippen LogP contribution in [0.4, 0.5) is 0 Å². The van der Waals surface area contributed by atoms with Gasteiger partial charge >= 0.3 is 0 Å². The minimum Gasteiger partial charge on any atom is -0.389 e. The number of likely N-dealkylation sites (tertiary alicyclic amines) is 1. The SMILES string of the molecule is C=CCn1cc(CN2CC[C@]3(O)CCN(S(C)(=O)=O)C[C@@H]3C2)cn1. The van der Waals surface area contributed by atoms with Crippen LogP contribution in [0.3, 0.4) is 0 Å². The molecule has 0 amide bonds. The minimum absolute atomic E-state index is 0.0436. The Balaban J connectivity index is 1.65. The fourth-order valence-corrected chi connectivity index (χ4v) is 4.64. The first kappa shape index (κ1) is 17.6. The number of piperidine rings is 2. The number of aliphatic hydroxyl groups is 1. The Morgan fingerprint density at radius 1 is 1.42 bits per heavy atom. The zero-order valence-corrected chi connectivity index (χ0v) is 15.0. The van der Waals surface area contributed by atoms with Crippen molar-refractivity contribution in [3.63, 3.8) is 0 Å². The summed E-state index contributed by atoms with van der Waals surface area (Å²) in [4.78, 5) is 2.28. The van der Waals surface area contributed by atoms with E-state index >= 15 is 0 Å². The third-order valence-electron chi connectivity index (χ3n) is 5.20. The summed E-state index contributed by atoms with van der Waals surface area (Å²) in [6, 6.07) is 0. The molecule has 8 heteroatoms. The summed E-state index contributed by atoms with van der Waals surface area (Å²) in [5.74, 6) is -0.0436. The predicted octanol–water partition coefficient (Wildman–Crippen LogP) is 0.287. The molecule has 0 radical (unpaired) electrons. The molecule has 2 atom stereocenters. The van der Waals surface area contributed by atoms with E-state index in [2.05, 4.69) is 16.6 Å². The summed E-state index contributed by atoms with van der Waals surface area (Å²) in [7, 11) is -3.20. The molecule has 7 nitrogen and oxygen atoms in total. The van der Waals surface area contributed by atoms with E-state index in [1.54, 1.807) is 6.08 Å². The number of hydrogen-bond acceptors (Lipinski definition) is 5. The van der Waals surface area contributed by atoms with E-state index in [0.29, 0.717) is 39.0 Å². The van der Waals surface area contributed by atoms with Crippen LogP contribution in [0.25, 0.3) is 0 Å². The molecule has 134 valence electrons. The maximum atomic E-state index is 11.8. The number of aromatic nitrogens is 2. The molecule has 3 heterocycles. The Labute approximate surface area is 143 Å². The molecule has 2 fully saturated rings. The van der Waals surface area contributed by atoms with Crippen molar-refractivity contribution in [2.24, 2.45) is 5.92 Å². The summed E-state index contributed by atoms with van der Waals surface area (Å²) >= 11 is 0. The van der Waals surface area contributed by atoms with Gasteiger partial charge in [-0.1, -0.05) is 6.08 Å². The summed E-state index contributed by atoms with van der Waals surface area (Å²) < 4.78 is 27.0. The Bertz CT molecular complexity index is 702. The lowest BCUT2D eigenvalue weighted by atomic mass is 9.76. The smallest absolute Gasteiger partial charge is 0.211 e. The lowest BCUT2D eigenvalue weighted by Gasteiger charge is -2.49. The summed E-state index contributed by atoms with van der Waals surface area (Å²) in [5.41, 5.74) is 0.392. The van der Waals surface area contributed by atoms with Crippen molar-refractivity contribution in [3.8, 4) is 0 Å². The molecular weight excluding hydrogens is 328 g/mol. The van der Waals surface area contributed by atoms with Crippen molar-refractivity contribution in [2.75, 3.05) is 32.4 Å². The summed E-state index contributed by atoms with van der Waals surface area (Å²) in [5, 5.41) is 15.1. The Morgan fingerprint density at radius 2 is 2.17 bits per heavy atom. The van der Waals surface area contributed by atoms with Gasteiger partial charge in [-0.2, -0.15) is 5.10 Å². The van der Waals surface area contributed by atoms with Crippen LogP contribution in [0.5, 0.6) is 0 Å². The number of fused-ring (bicyclic) bond motifs is 1. The van der Waals surface area contributed by atoms with E-state index < -0.39 is 15.6 Å². The molecule has 3 rings (SSSR count). The molecule has 0 saturated carbocycles. The second kappa shape index (κ2) is 6.59. The maximum absolute atomic E-state index is 11.8. The molecular formula is C16H26N4O3S. The molecule has 24 heavy (non-hydrogen) atoms. The number of nitrogens with zero attached hydrogens (tertiary/aromatic N) is 4. The van der Waals surface area contributed by atoms with Gasteiger partial charge in [0.05, 0.1) is 24.6 Å². The van der Waals surface area contributed by atoms with Gasteiger partial charge in [0.15, 0.2) is 0 Å². The number of rotatable bonds is 5. The maximum Gasteiger partial charge on any atom is 0.211 e. The Kier molecular flexibility index (Phi) is 4.83. The summed E-state index contributed by atoms with van der Waals surface area (Å²) in [6.45, 7) is 7.50. The van der Waals surface area contributed by atoms with Crippen molar-refractivity contribution in [1.29, 1.82) is 0 Å². The second-order valence-electron chi connectivity index (χ2n) is 7.02. The van der Waals surface area contributed by atoms with E-state index in [-0.39, 0.29) is 5.92 Å². The van der Waals surface area contributed by atoms with Crippen LogP contribution in [-0.2, 0) is 23.1 Å². The van der Waals surface area contributed by atoms with Gasteiger partial charge in [0.1, 0.15) is 0 Å². The molecule has 1 N–H and O–H groups in total. The molecule has 0 unspecified atom stereocenters. The largest absolute Gasteiger partial charge is 0.389 e. The van der Waals surface area contributed by atoms with E-state index in [1.807, 2.05) is 17.1 Å². The zero-order chi connectivity index (χ0) is 17.4. The lowest BCUT2D eigenvalue weighted by Crippen LogP contribution is -2.60. The Morgan fingerprint density at radius 3 is 2.88 bits per heavy atom. The number of allylic oxidation sites excluding steroid dienone is 1. The minimum atomic E-state index is -3.20. The Hall–Kier alpha value is -1.22. The predicted molar refractivity (Wildman–Crippen MR) is 91.8 cm³/mol. The van der Waals surface area contributed by atoms with E-state index in [1.165, 1.54) is 10.6 Å². The highest BCUT2D eigenvalue weighted by Crippen LogP contribution is 2.36. The average Bonchev–Trinajstić information content (AvgIpc) is 2.94. The highest BCUT2D eigenvalue weighted by molar-refractivity contribution is 7.88. The van der Waals surface area contributed by atoms with E-state index in [0.717, 1.165) is 18.7 Å². The molecule has 0 aliphatic carbocycles. The van der Waals surface area contributed by atoms with Crippen LogP contribution < -0.4 is 0 Å². The average molecular weight is 354 g/mol. The molecule has 2 aliphatic heterocycles. The van der Waals surface area contributed by atoms with Crippen molar-refractivity contribution < 1.29 is 13.5 Å². The first-order valence-corrected chi connectivity index (χ1v) is 10.2.